The monoisotopic (exact) mass is 364 g/mol. The third-order valence-electron chi connectivity index (χ3n) is 3.85. The van der Waals surface area contributed by atoms with E-state index in [0.717, 1.165) is 19.3 Å². The van der Waals surface area contributed by atoms with Gasteiger partial charge in [-0.05, 0) is 6.42 Å². The SMILES string of the molecule is CCCCCCCCCCCC(=O)OCC1COP(=O)(O)C(=O)O1. The van der Waals surface area contributed by atoms with Crippen LogP contribution in [0.25, 0.3) is 0 Å². The summed E-state index contributed by atoms with van der Waals surface area (Å²) in [6, 6.07) is 0. The number of ether oxygens (including phenoxy) is 2. The molecule has 8 heteroatoms. The molecule has 140 valence electrons. The maximum absolute atomic E-state index is 11.6. The molecule has 0 saturated carbocycles. The second-order valence-electron chi connectivity index (χ2n) is 6.08. The summed E-state index contributed by atoms with van der Waals surface area (Å²) in [5.41, 5.74) is -1.30. The van der Waals surface area contributed by atoms with Crippen LogP contribution < -0.4 is 0 Å². The fraction of sp³-hybridized carbons (Fsp3) is 0.875. The van der Waals surface area contributed by atoms with Crippen LogP contribution in [0.3, 0.4) is 0 Å². The van der Waals surface area contributed by atoms with E-state index in [-0.39, 0.29) is 19.2 Å². The van der Waals surface area contributed by atoms with Gasteiger partial charge in [0.15, 0.2) is 6.10 Å². The van der Waals surface area contributed by atoms with E-state index in [4.69, 9.17) is 14.4 Å². The summed E-state index contributed by atoms with van der Waals surface area (Å²) in [6.45, 7) is 1.81. The smallest absolute Gasteiger partial charge is 0.436 e. The molecule has 2 atom stereocenters. The van der Waals surface area contributed by atoms with E-state index in [1.54, 1.807) is 0 Å². The molecule has 0 aromatic heterocycles. The van der Waals surface area contributed by atoms with Gasteiger partial charge in [0.1, 0.15) is 6.61 Å². The zero-order valence-corrected chi connectivity index (χ0v) is 15.3. The van der Waals surface area contributed by atoms with E-state index >= 15 is 0 Å². The number of carbonyl (C=O) groups is 2. The Balaban J connectivity index is 1.97. The van der Waals surface area contributed by atoms with Crippen LogP contribution in [0, 0.1) is 0 Å². The molecule has 1 aliphatic heterocycles. The van der Waals surface area contributed by atoms with Crippen molar-refractivity contribution >= 4 is 19.3 Å². The first-order valence-corrected chi connectivity index (χ1v) is 10.4. The molecule has 0 radical (unpaired) electrons. The lowest BCUT2D eigenvalue weighted by molar-refractivity contribution is -0.147. The summed E-state index contributed by atoms with van der Waals surface area (Å²) < 4.78 is 25.3. The Morgan fingerprint density at radius 1 is 1.17 bits per heavy atom. The van der Waals surface area contributed by atoms with Gasteiger partial charge in [-0.15, -0.1) is 0 Å². The summed E-state index contributed by atoms with van der Waals surface area (Å²) >= 11 is 0. The molecule has 0 spiro atoms. The zero-order valence-electron chi connectivity index (χ0n) is 14.4. The number of rotatable bonds is 12. The molecule has 24 heavy (non-hydrogen) atoms. The Kier molecular flexibility index (Phi) is 10.2. The Hall–Kier alpha value is -0.910. The molecule has 1 aliphatic rings. The summed E-state index contributed by atoms with van der Waals surface area (Å²) in [4.78, 5) is 31.8. The van der Waals surface area contributed by atoms with Gasteiger partial charge in [0, 0.05) is 6.42 Å². The van der Waals surface area contributed by atoms with E-state index in [9.17, 15) is 14.2 Å². The van der Waals surface area contributed by atoms with Crippen molar-refractivity contribution in [2.24, 2.45) is 0 Å². The van der Waals surface area contributed by atoms with Crippen LogP contribution in [0.15, 0.2) is 0 Å². The number of unbranched alkanes of at least 4 members (excludes halogenated alkanes) is 8. The van der Waals surface area contributed by atoms with Crippen LogP contribution in [0.1, 0.15) is 71.1 Å². The highest BCUT2D eigenvalue weighted by atomic mass is 31.2. The molecule has 1 saturated heterocycles. The van der Waals surface area contributed by atoms with Gasteiger partial charge in [0.05, 0.1) is 6.61 Å². The fourth-order valence-electron chi connectivity index (χ4n) is 2.40. The van der Waals surface area contributed by atoms with Crippen LogP contribution in [0.4, 0.5) is 4.79 Å². The molecule has 0 aromatic carbocycles. The Labute approximate surface area is 143 Å². The Morgan fingerprint density at radius 3 is 2.33 bits per heavy atom. The highest BCUT2D eigenvalue weighted by Gasteiger charge is 2.40. The average molecular weight is 364 g/mol. The topological polar surface area (TPSA) is 99.1 Å². The van der Waals surface area contributed by atoms with Crippen molar-refractivity contribution in [3.63, 3.8) is 0 Å². The fourth-order valence-corrected chi connectivity index (χ4v) is 3.16. The Morgan fingerprint density at radius 2 is 1.75 bits per heavy atom. The van der Waals surface area contributed by atoms with Crippen molar-refractivity contribution in [3.05, 3.63) is 0 Å². The first-order valence-electron chi connectivity index (χ1n) is 8.80. The molecule has 0 bridgehead atoms. The lowest BCUT2D eigenvalue weighted by atomic mass is 10.1. The second kappa shape index (κ2) is 11.6. The van der Waals surface area contributed by atoms with Gasteiger partial charge in [-0.1, -0.05) is 58.3 Å². The molecule has 7 nitrogen and oxygen atoms in total. The van der Waals surface area contributed by atoms with Gasteiger partial charge in [-0.25, -0.2) is 9.36 Å². The molecular formula is C16H29O7P. The average Bonchev–Trinajstić information content (AvgIpc) is 2.54. The van der Waals surface area contributed by atoms with Gasteiger partial charge < -0.3 is 14.4 Å². The van der Waals surface area contributed by atoms with Gasteiger partial charge in [-0.2, -0.15) is 0 Å². The van der Waals surface area contributed by atoms with Gasteiger partial charge in [0.2, 0.25) is 0 Å². The molecule has 0 amide bonds. The predicted octanol–water partition coefficient (Wildman–Crippen LogP) is 4.17. The van der Waals surface area contributed by atoms with Crippen LogP contribution in [0.2, 0.25) is 0 Å². The molecular weight excluding hydrogens is 335 g/mol. The van der Waals surface area contributed by atoms with Crippen molar-refractivity contribution < 1.29 is 33.0 Å². The highest BCUT2D eigenvalue weighted by molar-refractivity contribution is 7.70. The lowest BCUT2D eigenvalue weighted by Gasteiger charge is -2.24. The van der Waals surface area contributed by atoms with Crippen molar-refractivity contribution in [1.82, 2.24) is 0 Å². The number of carbonyl (C=O) groups excluding carboxylic acids is 2. The maximum Gasteiger partial charge on any atom is 0.436 e. The molecule has 1 heterocycles. The maximum atomic E-state index is 11.6. The summed E-state index contributed by atoms with van der Waals surface area (Å²) in [6.07, 6.45) is 10.0. The minimum Gasteiger partial charge on any atom is -0.462 e. The molecule has 0 aromatic rings. The van der Waals surface area contributed by atoms with Gasteiger partial charge >= 0.3 is 19.3 Å². The largest absolute Gasteiger partial charge is 0.462 e. The number of hydrogen-bond acceptors (Lipinski definition) is 6. The van der Waals surface area contributed by atoms with Gasteiger partial charge in [-0.3, -0.25) is 9.32 Å². The first-order chi connectivity index (χ1) is 11.5. The second-order valence-corrected chi connectivity index (χ2v) is 7.75. The molecule has 0 aliphatic carbocycles. The standard InChI is InChI=1S/C16H29O7P/c1-2-3-4-5-6-7-8-9-10-11-15(17)21-12-14-13-22-24(19,20)16(18)23-14/h14H,2-13H2,1H3,(H,19,20). The molecule has 1 N–H and O–H groups in total. The summed E-state index contributed by atoms with van der Waals surface area (Å²) in [5.74, 6) is -0.355. The van der Waals surface area contributed by atoms with Crippen molar-refractivity contribution in [2.45, 2.75) is 77.2 Å². The number of cyclic esters (lactones) is 1. The van der Waals surface area contributed by atoms with Crippen LogP contribution in [0.5, 0.6) is 0 Å². The van der Waals surface area contributed by atoms with E-state index in [1.807, 2.05) is 0 Å². The van der Waals surface area contributed by atoms with E-state index < -0.39 is 19.4 Å². The first kappa shape index (κ1) is 21.1. The molecule has 2 unspecified atom stereocenters. The number of esters is 1. The molecule has 1 rings (SSSR count). The van der Waals surface area contributed by atoms with Gasteiger partial charge in [0.25, 0.3) is 0 Å². The lowest BCUT2D eigenvalue weighted by Crippen LogP contribution is -2.33. The van der Waals surface area contributed by atoms with Crippen LogP contribution in [-0.4, -0.2) is 35.9 Å². The Bertz CT molecular complexity index is 438. The minimum absolute atomic E-state index is 0.151. The minimum atomic E-state index is -4.30. The highest BCUT2D eigenvalue weighted by Crippen LogP contribution is 2.47. The van der Waals surface area contributed by atoms with Crippen molar-refractivity contribution in [3.8, 4) is 0 Å². The van der Waals surface area contributed by atoms with Crippen LogP contribution in [-0.2, 0) is 23.4 Å². The van der Waals surface area contributed by atoms with Crippen LogP contribution >= 0.6 is 7.60 Å². The third-order valence-corrected chi connectivity index (χ3v) is 4.91. The summed E-state index contributed by atoms with van der Waals surface area (Å²) in [7, 11) is -4.30. The van der Waals surface area contributed by atoms with E-state index in [0.29, 0.717) is 6.42 Å². The van der Waals surface area contributed by atoms with E-state index in [2.05, 4.69) is 11.4 Å². The summed E-state index contributed by atoms with van der Waals surface area (Å²) in [5, 5.41) is 0. The number of hydrogen-bond donors (Lipinski definition) is 1. The quantitative estimate of drug-likeness (QED) is 0.315. The predicted molar refractivity (Wildman–Crippen MR) is 88.8 cm³/mol. The van der Waals surface area contributed by atoms with Crippen molar-refractivity contribution in [2.75, 3.05) is 13.2 Å². The van der Waals surface area contributed by atoms with Crippen molar-refractivity contribution in [1.29, 1.82) is 0 Å². The molecule has 1 fully saturated rings. The van der Waals surface area contributed by atoms with E-state index in [1.165, 1.54) is 38.5 Å². The normalized spacial score (nSPS) is 23.8. The third kappa shape index (κ3) is 8.81. The zero-order chi connectivity index (χ0) is 17.8.